The minimum atomic E-state index is -1.79. The lowest BCUT2D eigenvalue weighted by molar-refractivity contribution is -0.149. The van der Waals surface area contributed by atoms with Crippen molar-refractivity contribution in [2.24, 2.45) is 0 Å². The SMILES string of the molecule is CCOC(=O)C(F)c1ccc(C#Cc2ccc3c(c2)C(C)(C)CCC3=O)cc1. The van der Waals surface area contributed by atoms with Crippen molar-refractivity contribution in [1.82, 2.24) is 0 Å². The van der Waals surface area contributed by atoms with E-state index in [9.17, 15) is 14.0 Å². The van der Waals surface area contributed by atoms with Gasteiger partial charge in [0.2, 0.25) is 6.17 Å². The van der Waals surface area contributed by atoms with E-state index in [0.29, 0.717) is 12.0 Å². The van der Waals surface area contributed by atoms with E-state index in [-0.39, 0.29) is 23.4 Å². The molecule has 2 aromatic carbocycles. The number of ketones is 1. The Labute approximate surface area is 164 Å². The van der Waals surface area contributed by atoms with Gasteiger partial charge >= 0.3 is 5.97 Å². The molecule has 0 amide bonds. The number of rotatable bonds is 3. The summed E-state index contributed by atoms with van der Waals surface area (Å²) in [6, 6.07) is 12.2. The summed E-state index contributed by atoms with van der Waals surface area (Å²) in [6.07, 6.45) is -0.372. The molecular formula is C24H23FO3. The fraction of sp³-hybridized carbons (Fsp3) is 0.333. The summed E-state index contributed by atoms with van der Waals surface area (Å²) in [5, 5.41) is 0. The van der Waals surface area contributed by atoms with Gasteiger partial charge in [-0.15, -0.1) is 0 Å². The first-order valence-corrected chi connectivity index (χ1v) is 9.42. The minimum absolute atomic E-state index is 0.0498. The van der Waals surface area contributed by atoms with Crippen LogP contribution in [-0.2, 0) is 14.9 Å². The van der Waals surface area contributed by atoms with Crippen LogP contribution in [0.25, 0.3) is 0 Å². The number of hydrogen-bond acceptors (Lipinski definition) is 3. The molecule has 0 aliphatic heterocycles. The maximum absolute atomic E-state index is 14.0. The lowest BCUT2D eigenvalue weighted by Crippen LogP contribution is -2.27. The molecule has 0 fully saturated rings. The lowest BCUT2D eigenvalue weighted by atomic mass is 9.72. The van der Waals surface area contributed by atoms with E-state index in [2.05, 4.69) is 25.7 Å². The molecule has 1 aliphatic rings. The van der Waals surface area contributed by atoms with Gasteiger partial charge in [-0.3, -0.25) is 4.79 Å². The first-order valence-electron chi connectivity index (χ1n) is 9.42. The first kappa shape index (κ1) is 19.8. The molecule has 0 heterocycles. The summed E-state index contributed by atoms with van der Waals surface area (Å²) in [7, 11) is 0. The Balaban J connectivity index is 1.81. The molecule has 4 heteroatoms. The van der Waals surface area contributed by atoms with Crippen LogP contribution in [0.2, 0.25) is 0 Å². The van der Waals surface area contributed by atoms with Crippen LogP contribution in [0.15, 0.2) is 42.5 Å². The van der Waals surface area contributed by atoms with Crippen LogP contribution in [0.1, 0.15) is 72.4 Å². The Morgan fingerprint density at radius 1 is 1.14 bits per heavy atom. The molecule has 2 aromatic rings. The smallest absolute Gasteiger partial charge is 0.345 e. The molecule has 1 atom stereocenters. The highest BCUT2D eigenvalue weighted by molar-refractivity contribution is 5.99. The summed E-state index contributed by atoms with van der Waals surface area (Å²) in [6.45, 7) is 6.07. The van der Waals surface area contributed by atoms with E-state index in [0.717, 1.165) is 23.1 Å². The van der Waals surface area contributed by atoms with Gasteiger partial charge in [0, 0.05) is 23.1 Å². The number of halogens is 1. The fourth-order valence-electron chi connectivity index (χ4n) is 3.35. The second-order valence-corrected chi connectivity index (χ2v) is 7.55. The molecule has 0 saturated heterocycles. The van der Waals surface area contributed by atoms with Crippen molar-refractivity contribution in [3.63, 3.8) is 0 Å². The van der Waals surface area contributed by atoms with Crippen LogP contribution in [0.5, 0.6) is 0 Å². The van der Waals surface area contributed by atoms with E-state index >= 15 is 0 Å². The fourth-order valence-corrected chi connectivity index (χ4v) is 3.35. The van der Waals surface area contributed by atoms with Crippen molar-refractivity contribution in [1.29, 1.82) is 0 Å². The maximum atomic E-state index is 14.0. The molecule has 0 radical (unpaired) electrons. The Kier molecular flexibility index (Phi) is 5.65. The van der Waals surface area contributed by atoms with Crippen LogP contribution in [-0.4, -0.2) is 18.4 Å². The third kappa shape index (κ3) is 4.14. The second kappa shape index (κ2) is 7.98. The van der Waals surface area contributed by atoms with E-state index in [1.807, 2.05) is 18.2 Å². The number of fused-ring (bicyclic) bond motifs is 1. The topological polar surface area (TPSA) is 43.4 Å². The average Bonchev–Trinajstić information content (AvgIpc) is 2.69. The van der Waals surface area contributed by atoms with Gasteiger partial charge in [-0.2, -0.15) is 0 Å². The molecule has 0 aromatic heterocycles. The summed E-state index contributed by atoms with van der Waals surface area (Å²) >= 11 is 0. The normalized spacial score (nSPS) is 15.8. The van der Waals surface area contributed by atoms with Gasteiger partial charge in [-0.1, -0.05) is 37.8 Å². The highest BCUT2D eigenvalue weighted by atomic mass is 19.1. The quantitative estimate of drug-likeness (QED) is 0.563. The van der Waals surface area contributed by atoms with Gasteiger partial charge in [-0.25, -0.2) is 9.18 Å². The predicted octanol–water partition coefficient (Wildman–Crippen LogP) is 4.91. The molecule has 0 saturated carbocycles. The van der Waals surface area contributed by atoms with Crippen LogP contribution in [0.4, 0.5) is 4.39 Å². The monoisotopic (exact) mass is 378 g/mol. The largest absolute Gasteiger partial charge is 0.464 e. The van der Waals surface area contributed by atoms with Gasteiger partial charge < -0.3 is 4.74 Å². The number of carbonyl (C=O) groups excluding carboxylic acids is 2. The molecule has 3 rings (SSSR count). The third-order valence-corrected chi connectivity index (χ3v) is 5.07. The zero-order chi connectivity index (χ0) is 20.3. The Bertz CT molecular complexity index is 962. The summed E-state index contributed by atoms with van der Waals surface area (Å²) < 4.78 is 18.7. The van der Waals surface area contributed by atoms with Crippen molar-refractivity contribution in [2.45, 2.75) is 45.2 Å². The molecule has 1 aliphatic carbocycles. The first-order chi connectivity index (χ1) is 13.3. The van der Waals surface area contributed by atoms with Crippen molar-refractivity contribution < 1.29 is 18.7 Å². The highest BCUT2D eigenvalue weighted by Crippen LogP contribution is 2.37. The van der Waals surface area contributed by atoms with E-state index in [4.69, 9.17) is 4.74 Å². The van der Waals surface area contributed by atoms with Crippen molar-refractivity contribution >= 4 is 11.8 Å². The standard InChI is InChI=1S/C24H23FO3/c1-4-28-23(27)22(25)18-10-7-16(8-11-18)5-6-17-9-12-19-20(15-17)24(2,3)14-13-21(19)26/h7-12,15,22H,4,13-14H2,1-3H3. The summed E-state index contributed by atoms with van der Waals surface area (Å²) in [5.41, 5.74) is 3.58. The Hall–Kier alpha value is -2.93. The summed E-state index contributed by atoms with van der Waals surface area (Å²) in [5.74, 6) is 5.47. The van der Waals surface area contributed by atoms with Gasteiger partial charge in [0.1, 0.15) is 0 Å². The van der Waals surface area contributed by atoms with Crippen molar-refractivity contribution in [2.75, 3.05) is 6.61 Å². The van der Waals surface area contributed by atoms with Crippen LogP contribution in [0, 0.1) is 11.8 Å². The molecular weight excluding hydrogens is 355 g/mol. The highest BCUT2D eigenvalue weighted by Gasteiger charge is 2.31. The number of Topliss-reactive ketones (excluding diaryl/α,β-unsaturated/α-hetero) is 1. The zero-order valence-corrected chi connectivity index (χ0v) is 16.3. The molecule has 0 N–H and O–H groups in total. The molecule has 0 spiro atoms. The number of benzene rings is 2. The Morgan fingerprint density at radius 3 is 2.46 bits per heavy atom. The minimum Gasteiger partial charge on any atom is -0.464 e. The molecule has 0 bridgehead atoms. The molecule has 3 nitrogen and oxygen atoms in total. The lowest BCUT2D eigenvalue weighted by Gasteiger charge is -2.31. The van der Waals surface area contributed by atoms with Gasteiger partial charge in [0.15, 0.2) is 5.78 Å². The number of ether oxygens (including phenoxy) is 1. The second-order valence-electron chi connectivity index (χ2n) is 7.55. The number of hydrogen-bond donors (Lipinski definition) is 0. The number of esters is 1. The Morgan fingerprint density at radius 2 is 1.79 bits per heavy atom. The van der Waals surface area contributed by atoms with Crippen LogP contribution in [0.3, 0.4) is 0 Å². The van der Waals surface area contributed by atoms with Crippen molar-refractivity contribution in [3.05, 3.63) is 70.3 Å². The van der Waals surface area contributed by atoms with E-state index < -0.39 is 12.1 Å². The zero-order valence-electron chi connectivity index (χ0n) is 16.3. The number of alkyl halides is 1. The molecule has 1 unspecified atom stereocenters. The van der Waals surface area contributed by atoms with E-state index in [1.165, 1.54) is 0 Å². The van der Waals surface area contributed by atoms with Crippen LogP contribution >= 0.6 is 0 Å². The summed E-state index contributed by atoms with van der Waals surface area (Å²) in [4.78, 5) is 23.6. The third-order valence-electron chi connectivity index (χ3n) is 5.07. The van der Waals surface area contributed by atoms with Gasteiger partial charge in [-0.05, 0) is 60.2 Å². The van der Waals surface area contributed by atoms with Crippen LogP contribution < -0.4 is 0 Å². The maximum Gasteiger partial charge on any atom is 0.345 e. The predicted molar refractivity (Wildman–Crippen MR) is 106 cm³/mol. The molecule has 144 valence electrons. The molecule has 28 heavy (non-hydrogen) atoms. The van der Waals surface area contributed by atoms with Gasteiger partial charge in [0.05, 0.1) is 6.61 Å². The van der Waals surface area contributed by atoms with Crippen molar-refractivity contribution in [3.8, 4) is 11.8 Å². The van der Waals surface area contributed by atoms with E-state index in [1.54, 1.807) is 31.2 Å². The average molecular weight is 378 g/mol. The number of carbonyl (C=O) groups is 2. The van der Waals surface area contributed by atoms with Gasteiger partial charge in [0.25, 0.3) is 0 Å².